The number of nitrogens with zero attached hydrogens (tertiary/aromatic N) is 2. The summed E-state index contributed by atoms with van der Waals surface area (Å²) in [6, 6.07) is 8.19. The summed E-state index contributed by atoms with van der Waals surface area (Å²) < 4.78 is 39.4. The lowest BCUT2D eigenvalue weighted by atomic mass is 9.96. The largest absolute Gasteiger partial charge is 0.444 e. The van der Waals surface area contributed by atoms with Gasteiger partial charge in [0.25, 0.3) is 10.1 Å². The van der Waals surface area contributed by atoms with Crippen LogP contribution in [0.4, 0.5) is 4.79 Å². The van der Waals surface area contributed by atoms with Gasteiger partial charge in [0.2, 0.25) is 0 Å². The Morgan fingerprint density at radius 1 is 1.18 bits per heavy atom. The van der Waals surface area contributed by atoms with E-state index in [-0.39, 0.29) is 30.9 Å². The summed E-state index contributed by atoms with van der Waals surface area (Å²) in [5.74, 6) is 0. The summed E-state index contributed by atoms with van der Waals surface area (Å²) >= 11 is 6.03. The number of carbonyl (C=O) groups excluding carboxylic acids is 1. The molecule has 2 fully saturated rings. The Hall–Kier alpha value is -1.39. The molecule has 2 heterocycles. The van der Waals surface area contributed by atoms with Crippen LogP contribution in [0.2, 0.25) is 5.02 Å². The van der Waals surface area contributed by atoms with Crippen molar-refractivity contribution in [3.63, 3.8) is 0 Å². The van der Waals surface area contributed by atoms with Crippen molar-refractivity contribution in [2.75, 3.05) is 39.1 Å². The second-order valence-electron chi connectivity index (χ2n) is 9.82. The summed E-state index contributed by atoms with van der Waals surface area (Å²) in [7, 11) is -3.53. The molecule has 1 amide bonds. The minimum absolute atomic E-state index is 0.000246. The van der Waals surface area contributed by atoms with E-state index in [0.29, 0.717) is 31.3 Å². The van der Waals surface area contributed by atoms with E-state index in [1.165, 1.54) is 0 Å². The zero-order valence-electron chi connectivity index (χ0n) is 19.8. The van der Waals surface area contributed by atoms with Crippen molar-refractivity contribution in [2.24, 2.45) is 0 Å². The van der Waals surface area contributed by atoms with E-state index in [0.717, 1.165) is 31.1 Å². The molecule has 0 bridgehead atoms. The number of piperidine rings is 1. The molecule has 33 heavy (non-hydrogen) atoms. The number of halogens is 1. The highest BCUT2D eigenvalue weighted by Gasteiger charge is 2.37. The van der Waals surface area contributed by atoms with Crippen molar-refractivity contribution in [1.82, 2.24) is 9.80 Å². The minimum atomic E-state index is -3.53. The molecule has 0 radical (unpaired) electrons. The molecule has 8 nitrogen and oxygen atoms in total. The predicted molar refractivity (Wildman–Crippen MR) is 127 cm³/mol. The van der Waals surface area contributed by atoms with Gasteiger partial charge in [0, 0.05) is 36.7 Å². The summed E-state index contributed by atoms with van der Waals surface area (Å²) in [6.45, 7) is 7.89. The maximum Gasteiger partial charge on any atom is 0.410 e. The van der Waals surface area contributed by atoms with Gasteiger partial charge in [-0.25, -0.2) is 4.79 Å². The Balaban J connectivity index is 1.66. The molecule has 1 aromatic rings. The van der Waals surface area contributed by atoms with E-state index in [9.17, 15) is 13.2 Å². The number of rotatable bonds is 6. The number of likely N-dealkylation sites (tertiary alicyclic amines) is 1. The Morgan fingerprint density at radius 3 is 2.39 bits per heavy atom. The first kappa shape index (κ1) is 26.2. The standard InChI is InChI=1S/C23H35ClN2O6S/c1-23(2,3)32-22(27)25-11-9-19(10-12-25)26-14-21(16-31-33(4,28)29)30-15-20(26)13-17-5-7-18(24)8-6-17/h5-8,19-21H,9-16H2,1-4H3/t20-,21+/m0/s1. The Labute approximate surface area is 202 Å². The Bertz CT molecular complexity index is 895. The number of benzene rings is 1. The van der Waals surface area contributed by atoms with Gasteiger partial charge >= 0.3 is 6.09 Å². The van der Waals surface area contributed by atoms with Gasteiger partial charge in [-0.15, -0.1) is 0 Å². The van der Waals surface area contributed by atoms with Crippen LogP contribution in [0.3, 0.4) is 0 Å². The average Bonchev–Trinajstić information content (AvgIpc) is 2.73. The molecule has 0 aromatic heterocycles. The van der Waals surface area contributed by atoms with Gasteiger partial charge < -0.3 is 14.4 Å². The SMILES string of the molecule is CC(C)(C)OC(=O)N1CCC(N2C[C@H](COS(C)(=O)=O)OC[C@@H]2Cc2ccc(Cl)cc2)CC1. The fourth-order valence-electron chi connectivity index (χ4n) is 4.30. The van der Waals surface area contributed by atoms with Gasteiger partial charge in [-0.3, -0.25) is 9.08 Å². The quantitative estimate of drug-likeness (QED) is 0.551. The molecule has 0 spiro atoms. The third kappa shape index (κ3) is 8.40. The Morgan fingerprint density at radius 2 is 1.82 bits per heavy atom. The van der Waals surface area contributed by atoms with Crippen LogP contribution in [0.1, 0.15) is 39.2 Å². The molecule has 10 heteroatoms. The fourth-order valence-corrected chi connectivity index (χ4v) is 4.83. The van der Waals surface area contributed by atoms with Crippen molar-refractivity contribution in [3.05, 3.63) is 34.9 Å². The van der Waals surface area contributed by atoms with E-state index in [1.54, 1.807) is 4.90 Å². The summed E-state index contributed by atoms with van der Waals surface area (Å²) in [5.41, 5.74) is 0.643. The maximum absolute atomic E-state index is 12.4. The van der Waals surface area contributed by atoms with Gasteiger partial charge in [-0.1, -0.05) is 23.7 Å². The van der Waals surface area contributed by atoms with Crippen LogP contribution in [0.25, 0.3) is 0 Å². The van der Waals surface area contributed by atoms with E-state index >= 15 is 0 Å². The van der Waals surface area contributed by atoms with E-state index in [2.05, 4.69) is 4.90 Å². The monoisotopic (exact) mass is 502 g/mol. The first-order valence-corrected chi connectivity index (χ1v) is 13.5. The molecule has 2 aliphatic heterocycles. The van der Waals surface area contributed by atoms with Crippen LogP contribution in [-0.2, 0) is 30.2 Å². The number of morpholine rings is 1. The highest BCUT2D eigenvalue weighted by Crippen LogP contribution is 2.26. The maximum atomic E-state index is 12.4. The molecule has 0 aliphatic carbocycles. The smallest absolute Gasteiger partial charge is 0.410 e. The molecular formula is C23H35ClN2O6S. The molecule has 0 saturated carbocycles. The normalized spacial score (nSPS) is 23.5. The lowest BCUT2D eigenvalue weighted by Gasteiger charge is -2.46. The number of amides is 1. The first-order valence-electron chi connectivity index (χ1n) is 11.3. The number of hydrogen-bond acceptors (Lipinski definition) is 7. The average molecular weight is 503 g/mol. The van der Waals surface area contributed by atoms with Crippen molar-refractivity contribution in [3.8, 4) is 0 Å². The Kier molecular flexibility index (Phi) is 8.66. The number of carbonyl (C=O) groups is 1. The van der Waals surface area contributed by atoms with Crippen LogP contribution in [0.5, 0.6) is 0 Å². The predicted octanol–water partition coefficient (Wildman–Crippen LogP) is 3.33. The zero-order valence-corrected chi connectivity index (χ0v) is 21.4. The van der Waals surface area contributed by atoms with E-state index < -0.39 is 15.7 Å². The fraction of sp³-hybridized carbons (Fsp3) is 0.696. The van der Waals surface area contributed by atoms with Crippen LogP contribution in [-0.4, -0.2) is 87.2 Å². The van der Waals surface area contributed by atoms with Gasteiger partial charge in [0.05, 0.1) is 25.6 Å². The van der Waals surface area contributed by atoms with Crippen molar-refractivity contribution in [1.29, 1.82) is 0 Å². The van der Waals surface area contributed by atoms with Gasteiger partial charge in [0.15, 0.2) is 0 Å². The molecule has 0 N–H and O–H groups in total. The first-order chi connectivity index (χ1) is 15.4. The molecule has 2 atom stereocenters. The summed E-state index contributed by atoms with van der Waals surface area (Å²) in [6.07, 6.45) is 2.86. The van der Waals surface area contributed by atoms with E-state index in [4.69, 9.17) is 25.3 Å². The zero-order chi connectivity index (χ0) is 24.2. The van der Waals surface area contributed by atoms with Gasteiger partial charge in [-0.05, 0) is 57.7 Å². The number of hydrogen-bond donors (Lipinski definition) is 0. The number of ether oxygens (including phenoxy) is 2. The molecule has 3 rings (SSSR count). The lowest BCUT2D eigenvalue weighted by molar-refractivity contribution is -0.0978. The second kappa shape index (κ2) is 10.9. The van der Waals surface area contributed by atoms with Crippen molar-refractivity contribution < 1.29 is 26.9 Å². The lowest BCUT2D eigenvalue weighted by Crippen LogP contribution is -2.58. The summed E-state index contributed by atoms with van der Waals surface area (Å²) in [5, 5.41) is 0.697. The molecular weight excluding hydrogens is 468 g/mol. The molecule has 2 aliphatic rings. The van der Waals surface area contributed by atoms with Crippen molar-refractivity contribution in [2.45, 2.75) is 63.8 Å². The third-order valence-corrected chi connectivity index (χ3v) is 6.66. The molecule has 0 unspecified atom stereocenters. The van der Waals surface area contributed by atoms with Gasteiger partial charge in [0.1, 0.15) is 5.60 Å². The highest BCUT2D eigenvalue weighted by atomic mass is 35.5. The van der Waals surface area contributed by atoms with Crippen LogP contribution in [0.15, 0.2) is 24.3 Å². The summed E-state index contributed by atoms with van der Waals surface area (Å²) in [4.78, 5) is 16.6. The van der Waals surface area contributed by atoms with Crippen LogP contribution < -0.4 is 0 Å². The van der Waals surface area contributed by atoms with E-state index in [1.807, 2.05) is 45.0 Å². The molecule has 2 saturated heterocycles. The van der Waals surface area contributed by atoms with Crippen LogP contribution in [0, 0.1) is 0 Å². The molecule has 186 valence electrons. The minimum Gasteiger partial charge on any atom is -0.444 e. The topological polar surface area (TPSA) is 85.4 Å². The van der Waals surface area contributed by atoms with Crippen molar-refractivity contribution >= 4 is 27.8 Å². The van der Waals surface area contributed by atoms with Gasteiger partial charge in [-0.2, -0.15) is 8.42 Å². The second-order valence-corrected chi connectivity index (χ2v) is 11.9. The van der Waals surface area contributed by atoms with Crippen LogP contribution >= 0.6 is 11.6 Å². The highest BCUT2D eigenvalue weighted by molar-refractivity contribution is 7.85. The molecule has 1 aromatic carbocycles. The third-order valence-electron chi connectivity index (χ3n) is 5.85.